The van der Waals surface area contributed by atoms with Crippen molar-refractivity contribution in [3.05, 3.63) is 0 Å². The lowest BCUT2D eigenvalue weighted by molar-refractivity contribution is 0.0475. The number of rotatable bonds is 3. The summed E-state index contributed by atoms with van der Waals surface area (Å²) in [7, 11) is -4.45. The average molecular weight is 211 g/mol. The summed E-state index contributed by atoms with van der Waals surface area (Å²) in [6.45, 7) is 1.13. The fourth-order valence-electron chi connectivity index (χ4n) is 1.47. The Morgan fingerprint density at radius 1 is 1.62 bits per heavy atom. The third-order valence-electron chi connectivity index (χ3n) is 2.19. The number of hydrogen-bond donors (Lipinski definition) is 1. The van der Waals surface area contributed by atoms with E-state index in [0.29, 0.717) is 13.2 Å². The van der Waals surface area contributed by atoms with E-state index in [-0.39, 0.29) is 5.92 Å². The van der Waals surface area contributed by atoms with Crippen molar-refractivity contribution in [3.63, 3.8) is 0 Å². The minimum Gasteiger partial charge on any atom is -0.381 e. The third kappa shape index (κ3) is 4.02. The minimum absolute atomic E-state index is 0.0284. The van der Waals surface area contributed by atoms with Gasteiger partial charge in [0.15, 0.2) is 0 Å². The maximum atomic E-state index is 12.2. The van der Waals surface area contributed by atoms with Gasteiger partial charge in [-0.3, -0.25) is 0 Å². The summed E-state index contributed by atoms with van der Waals surface area (Å²) in [6, 6.07) is -0.643. The fourth-order valence-corrected chi connectivity index (χ4v) is 2.20. The van der Waals surface area contributed by atoms with Crippen LogP contribution in [-0.4, -0.2) is 33.4 Å². The highest BCUT2D eigenvalue weighted by Gasteiger charge is 2.25. The molecule has 0 bridgehead atoms. The van der Waals surface area contributed by atoms with Gasteiger partial charge < -0.3 is 10.5 Å². The Labute approximate surface area is 77.5 Å². The molecule has 0 spiro atoms. The molecule has 6 heteroatoms. The van der Waals surface area contributed by atoms with E-state index in [1.54, 1.807) is 0 Å². The van der Waals surface area contributed by atoms with Crippen molar-refractivity contribution in [1.82, 2.24) is 0 Å². The molecule has 1 aliphatic heterocycles. The van der Waals surface area contributed by atoms with Gasteiger partial charge in [0.2, 0.25) is 0 Å². The summed E-state index contributed by atoms with van der Waals surface area (Å²) >= 11 is 0. The number of nitrogens with two attached hydrogens (primary N) is 1. The van der Waals surface area contributed by atoms with E-state index in [2.05, 4.69) is 0 Å². The molecule has 1 aliphatic rings. The molecule has 0 aromatic heterocycles. The smallest absolute Gasteiger partial charge is 0.303 e. The van der Waals surface area contributed by atoms with Crippen LogP contribution in [0.3, 0.4) is 0 Å². The van der Waals surface area contributed by atoms with Gasteiger partial charge >= 0.3 is 10.2 Å². The average Bonchev–Trinajstić information content (AvgIpc) is 2.03. The summed E-state index contributed by atoms with van der Waals surface area (Å²) in [4.78, 5) is 0. The van der Waals surface area contributed by atoms with Crippen molar-refractivity contribution in [2.24, 2.45) is 11.7 Å². The quantitative estimate of drug-likeness (QED) is 0.669. The zero-order chi connectivity index (χ0) is 9.90. The summed E-state index contributed by atoms with van der Waals surface area (Å²) in [6.07, 6.45) is 1.68. The van der Waals surface area contributed by atoms with Crippen LogP contribution in [0.4, 0.5) is 3.89 Å². The lowest BCUT2D eigenvalue weighted by Gasteiger charge is -2.26. The van der Waals surface area contributed by atoms with Crippen LogP contribution >= 0.6 is 0 Å². The van der Waals surface area contributed by atoms with Crippen LogP contribution in [0.2, 0.25) is 0 Å². The molecule has 13 heavy (non-hydrogen) atoms. The topological polar surface area (TPSA) is 69.4 Å². The SMILES string of the molecule is NC(CS(=O)(=O)F)C1CCCOC1. The first kappa shape index (κ1) is 10.9. The maximum Gasteiger partial charge on any atom is 0.303 e. The molecule has 2 atom stereocenters. The zero-order valence-electron chi connectivity index (χ0n) is 7.28. The summed E-state index contributed by atoms with van der Waals surface area (Å²) in [5.41, 5.74) is 5.54. The van der Waals surface area contributed by atoms with Gasteiger partial charge in [-0.05, 0) is 18.8 Å². The Morgan fingerprint density at radius 2 is 2.31 bits per heavy atom. The first-order chi connectivity index (χ1) is 5.99. The van der Waals surface area contributed by atoms with Gasteiger partial charge in [0, 0.05) is 12.6 Å². The number of hydrogen-bond acceptors (Lipinski definition) is 4. The second-order valence-corrected chi connectivity index (χ2v) is 4.76. The normalized spacial score (nSPS) is 27.1. The van der Waals surface area contributed by atoms with Crippen LogP contribution in [0, 0.1) is 5.92 Å². The van der Waals surface area contributed by atoms with Crippen molar-refractivity contribution < 1.29 is 17.0 Å². The Hall–Kier alpha value is -0.200. The Balaban J connectivity index is 2.42. The van der Waals surface area contributed by atoms with Crippen LogP contribution in [0.15, 0.2) is 0 Å². The van der Waals surface area contributed by atoms with Gasteiger partial charge in [-0.2, -0.15) is 8.42 Å². The van der Waals surface area contributed by atoms with Crippen LogP contribution in [-0.2, 0) is 15.0 Å². The highest BCUT2D eigenvalue weighted by molar-refractivity contribution is 7.86. The number of halogens is 1. The second-order valence-electron chi connectivity index (χ2n) is 3.35. The molecule has 0 aliphatic carbocycles. The Bertz CT molecular complexity index is 248. The molecule has 78 valence electrons. The van der Waals surface area contributed by atoms with E-state index in [1.165, 1.54) is 0 Å². The third-order valence-corrected chi connectivity index (χ3v) is 2.98. The predicted molar refractivity (Wildman–Crippen MR) is 46.4 cm³/mol. The molecule has 4 nitrogen and oxygen atoms in total. The Kier molecular flexibility index (Phi) is 3.63. The molecule has 2 unspecified atom stereocenters. The van der Waals surface area contributed by atoms with Crippen LogP contribution in [0.5, 0.6) is 0 Å². The standard InChI is InChI=1S/C7H14FNO3S/c8-13(10,11)5-7(9)6-2-1-3-12-4-6/h6-7H,1-5,9H2. The predicted octanol–water partition coefficient (Wildman–Crippen LogP) is 0.0396. The van der Waals surface area contributed by atoms with E-state index in [0.717, 1.165) is 12.8 Å². The highest BCUT2D eigenvalue weighted by atomic mass is 32.3. The van der Waals surface area contributed by atoms with Gasteiger partial charge in [-0.15, -0.1) is 3.89 Å². The van der Waals surface area contributed by atoms with Crippen molar-refractivity contribution >= 4 is 10.2 Å². The molecule has 1 rings (SSSR count). The minimum atomic E-state index is -4.45. The largest absolute Gasteiger partial charge is 0.381 e. The molecule has 1 fully saturated rings. The van der Waals surface area contributed by atoms with Gasteiger partial charge in [-0.25, -0.2) is 0 Å². The molecule has 0 aromatic carbocycles. The van der Waals surface area contributed by atoms with Crippen molar-refractivity contribution in [2.75, 3.05) is 19.0 Å². The monoisotopic (exact) mass is 211 g/mol. The molecule has 0 aromatic rings. The highest BCUT2D eigenvalue weighted by Crippen LogP contribution is 2.17. The van der Waals surface area contributed by atoms with Gasteiger partial charge in [0.05, 0.1) is 12.4 Å². The molecular weight excluding hydrogens is 197 g/mol. The van der Waals surface area contributed by atoms with Crippen LogP contribution in [0.1, 0.15) is 12.8 Å². The van der Waals surface area contributed by atoms with Gasteiger partial charge in [-0.1, -0.05) is 0 Å². The zero-order valence-corrected chi connectivity index (χ0v) is 8.10. The molecule has 1 saturated heterocycles. The van der Waals surface area contributed by atoms with E-state index in [1.807, 2.05) is 0 Å². The van der Waals surface area contributed by atoms with Crippen LogP contribution < -0.4 is 5.73 Å². The van der Waals surface area contributed by atoms with Crippen LogP contribution in [0.25, 0.3) is 0 Å². The van der Waals surface area contributed by atoms with E-state index >= 15 is 0 Å². The van der Waals surface area contributed by atoms with E-state index in [4.69, 9.17) is 10.5 Å². The lowest BCUT2D eigenvalue weighted by atomic mass is 9.96. The second kappa shape index (κ2) is 4.34. The van der Waals surface area contributed by atoms with Crippen molar-refractivity contribution in [3.8, 4) is 0 Å². The molecular formula is C7H14FNO3S. The van der Waals surface area contributed by atoms with Crippen molar-refractivity contribution in [2.45, 2.75) is 18.9 Å². The first-order valence-electron chi connectivity index (χ1n) is 4.25. The van der Waals surface area contributed by atoms with Gasteiger partial charge in [0.25, 0.3) is 0 Å². The first-order valence-corrected chi connectivity index (χ1v) is 5.80. The lowest BCUT2D eigenvalue weighted by Crippen LogP contribution is -2.40. The van der Waals surface area contributed by atoms with E-state index < -0.39 is 22.0 Å². The summed E-state index contributed by atoms with van der Waals surface area (Å²) < 4.78 is 38.0. The van der Waals surface area contributed by atoms with Gasteiger partial charge in [0.1, 0.15) is 0 Å². The molecule has 0 saturated carbocycles. The van der Waals surface area contributed by atoms with E-state index in [9.17, 15) is 12.3 Å². The molecule has 1 heterocycles. The molecule has 2 N–H and O–H groups in total. The maximum absolute atomic E-state index is 12.2. The Morgan fingerprint density at radius 3 is 2.77 bits per heavy atom. The number of ether oxygens (including phenoxy) is 1. The summed E-state index contributed by atoms with van der Waals surface area (Å²) in [5.74, 6) is -0.625. The van der Waals surface area contributed by atoms with Crippen molar-refractivity contribution in [1.29, 1.82) is 0 Å². The molecule has 0 radical (unpaired) electrons. The fraction of sp³-hybridized carbons (Fsp3) is 1.00. The molecule has 0 amide bonds. The summed E-state index contributed by atoms with van der Waals surface area (Å²) in [5, 5.41) is 0.